The first-order chi connectivity index (χ1) is 18.0. The Labute approximate surface area is 222 Å². The van der Waals surface area contributed by atoms with Gasteiger partial charge < -0.3 is 24.6 Å². The zero-order valence-electron chi connectivity index (χ0n) is 21.3. The molecule has 2 fully saturated rings. The van der Waals surface area contributed by atoms with Crippen LogP contribution in [0.4, 0.5) is 0 Å². The molecule has 9 heteroatoms. The van der Waals surface area contributed by atoms with E-state index in [0.717, 1.165) is 73.6 Å². The van der Waals surface area contributed by atoms with E-state index in [1.54, 1.807) is 12.1 Å². The lowest BCUT2D eigenvalue weighted by molar-refractivity contribution is 0.0365. The molecule has 3 aromatic rings. The van der Waals surface area contributed by atoms with Crippen LogP contribution in [0.3, 0.4) is 0 Å². The maximum Gasteiger partial charge on any atom is 0.337 e. The van der Waals surface area contributed by atoms with Gasteiger partial charge in [0.15, 0.2) is 5.11 Å². The van der Waals surface area contributed by atoms with Crippen molar-refractivity contribution in [2.24, 2.45) is 0 Å². The molecule has 2 aliphatic heterocycles. The maximum atomic E-state index is 12.0. The summed E-state index contributed by atoms with van der Waals surface area (Å²) in [5.74, 6) is -0.940. The molecule has 0 radical (unpaired) electrons. The molecule has 1 aromatic carbocycles. The molecule has 2 saturated heterocycles. The van der Waals surface area contributed by atoms with Gasteiger partial charge in [0.25, 0.3) is 0 Å². The van der Waals surface area contributed by atoms with Crippen molar-refractivity contribution in [2.75, 3.05) is 39.4 Å². The third-order valence-corrected chi connectivity index (χ3v) is 7.69. The number of pyridine rings is 1. The van der Waals surface area contributed by atoms with E-state index in [4.69, 9.17) is 17.0 Å². The number of thiocarbonyl (C=S) groups is 1. The van der Waals surface area contributed by atoms with Crippen LogP contribution in [0.2, 0.25) is 0 Å². The molecule has 4 heterocycles. The lowest BCUT2D eigenvalue weighted by Crippen LogP contribution is -2.39. The summed E-state index contributed by atoms with van der Waals surface area (Å²) < 4.78 is 7.54. The van der Waals surface area contributed by atoms with Crippen LogP contribution in [0.1, 0.15) is 51.5 Å². The van der Waals surface area contributed by atoms with Crippen LogP contribution in [0.15, 0.2) is 54.7 Å². The molecular weight excluding hydrogens is 486 g/mol. The average Bonchev–Trinajstić information content (AvgIpc) is 3.39. The van der Waals surface area contributed by atoms with Crippen molar-refractivity contribution < 1.29 is 14.6 Å². The minimum absolute atomic E-state index is 0.0657. The van der Waals surface area contributed by atoms with Crippen LogP contribution < -0.4 is 5.32 Å². The lowest BCUT2D eigenvalue weighted by atomic mass is 9.96. The second-order valence-corrected chi connectivity index (χ2v) is 10.00. The second kappa shape index (κ2) is 11.0. The number of para-hydroxylation sites is 1. The normalized spacial score (nSPS) is 20.3. The Morgan fingerprint density at radius 3 is 2.62 bits per heavy atom. The van der Waals surface area contributed by atoms with Crippen LogP contribution in [-0.2, 0) is 4.74 Å². The van der Waals surface area contributed by atoms with Crippen LogP contribution >= 0.6 is 12.2 Å². The highest BCUT2D eigenvalue weighted by molar-refractivity contribution is 7.80. The fourth-order valence-electron chi connectivity index (χ4n) is 5.58. The third-order valence-electron chi connectivity index (χ3n) is 7.34. The fourth-order valence-corrected chi connectivity index (χ4v) is 5.91. The topological polar surface area (TPSA) is 82.9 Å². The summed E-state index contributed by atoms with van der Waals surface area (Å²) in [6, 6.07) is 15.1. The molecule has 194 valence electrons. The van der Waals surface area contributed by atoms with E-state index in [0.29, 0.717) is 5.69 Å². The van der Waals surface area contributed by atoms with E-state index in [2.05, 4.69) is 33.1 Å². The largest absolute Gasteiger partial charge is 0.478 e. The third kappa shape index (κ3) is 5.12. The Bertz CT molecular complexity index is 1270. The molecule has 0 unspecified atom stereocenters. The van der Waals surface area contributed by atoms with E-state index in [9.17, 15) is 9.90 Å². The minimum atomic E-state index is -0.940. The summed E-state index contributed by atoms with van der Waals surface area (Å²) in [4.78, 5) is 21.4. The number of aromatic nitrogens is 2. The van der Waals surface area contributed by atoms with E-state index in [1.165, 1.54) is 0 Å². The number of ether oxygens (including phenoxy) is 1. The van der Waals surface area contributed by atoms with Gasteiger partial charge in [-0.2, -0.15) is 0 Å². The number of aryl methyl sites for hydroxylation is 1. The summed E-state index contributed by atoms with van der Waals surface area (Å²) in [7, 11) is 0. The van der Waals surface area contributed by atoms with Crippen molar-refractivity contribution >= 4 is 23.3 Å². The summed E-state index contributed by atoms with van der Waals surface area (Å²) >= 11 is 5.86. The molecule has 0 spiro atoms. The zero-order valence-corrected chi connectivity index (χ0v) is 22.1. The number of carbonyl (C=O) groups is 1. The fraction of sp³-hybridized carbons (Fsp3) is 0.393. The summed E-state index contributed by atoms with van der Waals surface area (Å²) in [5, 5.41) is 14.1. The van der Waals surface area contributed by atoms with Gasteiger partial charge in [-0.1, -0.05) is 18.2 Å². The number of nitrogens with zero attached hydrogens (tertiary/aromatic N) is 4. The predicted molar refractivity (Wildman–Crippen MR) is 146 cm³/mol. The molecule has 0 aliphatic carbocycles. The van der Waals surface area contributed by atoms with Gasteiger partial charge in [-0.15, -0.1) is 0 Å². The van der Waals surface area contributed by atoms with Gasteiger partial charge >= 0.3 is 5.97 Å². The van der Waals surface area contributed by atoms with Crippen LogP contribution in [0.25, 0.3) is 5.69 Å². The molecule has 0 bridgehead atoms. The summed E-state index contributed by atoms with van der Waals surface area (Å²) in [6.45, 7) is 9.40. The van der Waals surface area contributed by atoms with Crippen molar-refractivity contribution in [1.29, 1.82) is 0 Å². The van der Waals surface area contributed by atoms with Gasteiger partial charge in [-0.25, -0.2) is 4.79 Å². The Hall–Kier alpha value is -3.27. The number of morpholine rings is 1. The van der Waals surface area contributed by atoms with E-state index in [-0.39, 0.29) is 17.6 Å². The SMILES string of the molecule is Cc1cc([C@H]2[C@H](c3ccccn3)NC(=S)N2CCCN2CCOCC2)c(C)n1-c1ccccc1C(=O)O. The Morgan fingerprint density at radius 1 is 1.14 bits per heavy atom. The molecule has 2 aliphatic rings. The van der Waals surface area contributed by atoms with Gasteiger partial charge in [-0.3, -0.25) is 9.88 Å². The van der Waals surface area contributed by atoms with Gasteiger partial charge in [0.05, 0.1) is 42.2 Å². The first-order valence-corrected chi connectivity index (χ1v) is 13.2. The van der Waals surface area contributed by atoms with Gasteiger partial charge in [0.2, 0.25) is 0 Å². The average molecular weight is 520 g/mol. The monoisotopic (exact) mass is 519 g/mol. The smallest absolute Gasteiger partial charge is 0.337 e. The summed E-state index contributed by atoms with van der Waals surface area (Å²) in [5.41, 5.74) is 4.97. The number of nitrogens with one attached hydrogen (secondary N) is 1. The Kier molecular flexibility index (Phi) is 7.55. The summed E-state index contributed by atoms with van der Waals surface area (Å²) in [6.07, 6.45) is 2.79. The quantitative estimate of drug-likeness (QED) is 0.434. The first-order valence-electron chi connectivity index (χ1n) is 12.8. The highest BCUT2D eigenvalue weighted by atomic mass is 32.1. The number of carboxylic acid groups (broad SMARTS) is 1. The molecule has 2 aromatic heterocycles. The van der Waals surface area contributed by atoms with Crippen molar-refractivity contribution in [3.05, 3.63) is 82.9 Å². The molecule has 0 amide bonds. The number of benzene rings is 1. The Balaban J connectivity index is 1.51. The molecule has 37 heavy (non-hydrogen) atoms. The van der Waals surface area contributed by atoms with Crippen LogP contribution in [0.5, 0.6) is 0 Å². The number of rotatable bonds is 8. The van der Waals surface area contributed by atoms with Crippen LogP contribution in [0, 0.1) is 13.8 Å². The first kappa shape index (κ1) is 25.4. The number of aromatic carboxylic acids is 1. The molecule has 8 nitrogen and oxygen atoms in total. The van der Waals surface area contributed by atoms with Crippen molar-refractivity contribution in [3.63, 3.8) is 0 Å². The zero-order chi connectivity index (χ0) is 25.9. The predicted octanol–water partition coefficient (Wildman–Crippen LogP) is 3.88. The molecule has 2 N–H and O–H groups in total. The lowest BCUT2D eigenvalue weighted by Gasteiger charge is -2.30. The van der Waals surface area contributed by atoms with E-state index >= 15 is 0 Å². The highest BCUT2D eigenvalue weighted by Crippen LogP contribution is 2.41. The van der Waals surface area contributed by atoms with E-state index < -0.39 is 5.97 Å². The second-order valence-electron chi connectivity index (χ2n) is 9.61. The standard InChI is InChI=1S/C28H33N5O3S/c1-19-18-22(20(2)33(19)24-10-4-3-8-21(24)27(34)35)26-25(23-9-5-6-11-29-23)30-28(37)32(26)13-7-12-31-14-16-36-17-15-31/h3-6,8-11,18,25-26H,7,12-17H2,1-2H3,(H,30,37)(H,34,35)/t25-,26-/m0/s1. The van der Waals surface area contributed by atoms with Crippen molar-refractivity contribution in [2.45, 2.75) is 32.4 Å². The number of hydrogen-bond acceptors (Lipinski definition) is 5. The van der Waals surface area contributed by atoms with Gasteiger partial charge in [0.1, 0.15) is 0 Å². The van der Waals surface area contributed by atoms with Gasteiger partial charge in [0, 0.05) is 43.8 Å². The molecule has 2 atom stereocenters. The van der Waals surface area contributed by atoms with Gasteiger partial charge in [-0.05, 0) is 68.4 Å². The number of carboxylic acids is 1. The minimum Gasteiger partial charge on any atom is -0.478 e. The van der Waals surface area contributed by atoms with E-state index in [1.807, 2.05) is 48.0 Å². The Morgan fingerprint density at radius 2 is 1.89 bits per heavy atom. The molecule has 5 rings (SSSR count). The van der Waals surface area contributed by atoms with Crippen molar-refractivity contribution in [3.8, 4) is 5.69 Å². The number of hydrogen-bond donors (Lipinski definition) is 2. The maximum absolute atomic E-state index is 12.0. The van der Waals surface area contributed by atoms with Crippen molar-refractivity contribution in [1.82, 2.24) is 24.7 Å². The highest BCUT2D eigenvalue weighted by Gasteiger charge is 2.41. The molecule has 0 saturated carbocycles. The molecular formula is C28H33N5O3S. The van der Waals surface area contributed by atoms with Crippen LogP contribution in [-0.4, -0.2) is 74.9 Å².